The summed E-state index contributed by atoms with van der Waals surface area (Å²) >= 11 is 0. The number of hydrogen-bond acceptors (Lipinski definition) is 0. The summed E-state index contributed by atoms with van der Waals surface area (Å²) in [7, 11) is 0. The van der Waals surface area contributed by atoms with Gasteiger partial charge in [0, 0.05) is 34.8 Å². The molecule has 2 heteroatoms. The third-order valence-electron chi connectivity index (χ3n) is 4.55. The Hall–Kier alpha value is -2.74. The molecule has 100 valence electrons. The second-order valence-corrected chi connectivity index (χ2v) is 5.62. The Kier molecular flexibility index (Phi) is 2.03. The van der Waals surface area contributed by atoms with Crippen molar-refractivity contribution in [1.82, 2.24) is 9.97 Å². The topological polar surface area (TPSA) is 31.6 Å². The van der Waals surface area contributed by atoms with E-state index in [1.165, 1.54) is 38.6 Å². The van der Waals surface area contributed by atoms with E-state index in [4.69, 9.17) is 0 Å². The minimum Gasteiger partial charge on any atom is -0.361 e. The van der Waals surface area contributed by atoms with Crippen LogP contribution in [0.2, 0.25) is 0 Å². The Bertz CT molecular complexity index is 973. The molecule has 1 unspecified atom stereocenters. The summed E-state index contributed by atoms with van der Waals surface area (Å²) in [6, 6.07) is 6.39. The van der Waals surface area contributed by atoms with Crippen LogP contribution in [-0.2, 0) is 0 Å². The number of aromatic amines is 2. The van der Waals surface area contributed by atoms with E-state index in [1.807, 2.05) is 12.4 Å². The average molecular weight is 270 g/mol. The molecule has 2 aromatic rings. The van der Waals surface area contributed by atoms with Crippen LogP contribution in [0.5, 0.6) is 0 Å². The van der Waals surface area contributed by atoms with E-state index >= 15 is 0 Å². The molecule has 2 aromatic heterocycles. The number of H-pyrrole nitrogens is 2. The molecule has 0 aromatic carbocycles. The largest absolute Gasteiger partial charge is 0.361 e. The van der Waals surface area contributed by atoms with Gasteiger partial charge in [-0.2, -0.15) is 0 Å². The van der Waals surface area contributed by atoms with Crippen LogP contribution < -0.4 is 10.6 Å². The van der Waals surface area contributed by atoms with Crippen LogP contribution in [0.25, 0.3) is 11.1 Å². The van der Waals surface area contributed by atoms with Crippen LogP contribution >= 0.6 is 0 Å². The Morgan fingerprint density at radius 1 is 0.905 bits per heavy atom. The number of aromatic nitrogens is 2. The normalized spacial score (nSPS) is 21.8. The van der Waals surface area contributed by atoms with Crippen molar-refractivity contribution >= 4 is 11.1 Å². The molecule has 21 heavy (non-hydrogen) atoms. The fourth-order valence-electron chi connectivity index (χ4n) is 3.69. The van der Waals surface area contributed by atoms with E-state index in [0.29, 0.717) is 5.92 Å². The van der Waals surface area contributed by atoms with Crippen LogP contribution in [0.3, 0.4) is 0 Å². The van der Waals surface area contributed by atoms with Gasteiger partial charge < -0.3 is 9.97 Å². The van der Waals surface area contributed by atoms with Gasteiger partial charge in [-0.3, -0.25) is 0 Å². The highest BCUT2D eigenvalue weighted by Crippen LogP contribution is 2.42. The first kappa shape index (κ1) is 11.0. The highest BCUT2D eigenvalue weighted by molar-refractivity contribution is 5.89. The fourth-order valence-corrected chi connectivity index (χ4v) is 3.69. The molecule has 0 spiro atoms. The standard InChI is InChI=1S/C19H14N2/c1-2-5-15-17-12(4-1)7-8-13(17)14-9-11-21-19(14)18(15)16-6-3-10-20-16/h1-11,17,20-21H. The van der Waals surface area contributed by atoms with Crippen LogP contribution in [0, 0.1) is 5.92 Å². The van der Waals surface area contributed by atoms with Crippen molar-refractivity contribution in [2.75, 3.05) is 0 Å². The van der Waals surface area contributed by atoms with Gasteiger partial charge in [0.25, 0.3) is 0 Å². The third-order valence-corrected chi connectivity index (χ3v) is 4.55. The zero-order valence-corrected chi connectivity index (χ0v) is 11.4. The monoisotopic (exact) mass is 270 g/mol. The van der Waals surface area contributed by atoms with Gasteiger partial charge in [0.15, 0.2) is 0 Å². The van der Waals surface area contributed by atoms with Crippen molar-refractivity contribution in [3.63, 3.8) is 0 Å². The molecule has 0 radical (unpaired) electrons. The molecule has 3 aliphatic rings. The van der Waals surface area contributed by atoms with Crippen molar-refractivity contribution in [3.8, 4) is 0 Å². The minimum absolute atomic E-state index is 0.363. The van der Waals surface area contributed by atoms with Gasteiger partial charge in [-0.15, -0.1) is 0 Å². The first-order chi connectivity index (χ1) is 10.4. The minimum atomic E-state index is 0.363. The molecule has 0 saturated carbocycles. The van der Waals surface area contributed by atoms with Gasteiger partial charge in [0.1, 0.15) is 0 Å². The van der Waals surface area contributed by atoms with Crippen LogP contribution in [0.1, 0.15) is 5.69 Å². The maximum absolute atomic E-state index is 3.44. The predicted octanol–water partition coefficient (Wildman–Crippen LogP) is 2.31. The maximum Gasteiger partial charge on any atom is 0.0554 e. The Balaban J connectivity index is 1.99. The molecule has 3 aliphatic carbocycles. The zero-order chi connectivity index (χ0) is 13.8. The van der Waals surface area contributed by atoms with E-state index < -0.39 is 0 Å². The fraction of sp³-hybridized carbons (Fsp3) is 0.0526. The van der Waals surface area contributed by atoms with E-state index in [9.17, 15) is 0 Å². The molecular weight excluding hydrogens is 256 g/mol. The summed E-state index contributed by atoms with van der Waals surface area (Å²) in [6.07, 6.45) is 17.3. The number of rotatable bonds is 1. The van der Waals surface area contributed by atoms with Crippen molar-refractivity contribution < 1.29 is 0 Å². The molecule has 0 amide bonds. The van der Waals surface area contributed by atoms with E-state index in [0.717, 1.165) is 0 Å². The van der Waals surface area contributed by atoms with Crippen LogP contribution in [0.15, 0.2) is 78.2 Å². The van der Waals surface area contributed by atoms with Gasteiger partial charge in [-0.25, -0.2) is 0 Å². The van der Waals surface area contributed by atoms with E-state index in [1.54, 1.807) is 0 Å². The first-order valence-corrected chi connectivity index (χ1v) is 7.26. The van der Waals surface area contributed by atoms with Crippen LogP contribution in [-0.4, -0.2) is 9.97 Å². The molecular formula is C19H14N2. The number of hydrogen-bond donors (Lipinski definition) is 2. The van der Waals surface area contributed by atoms with Crippen molar-refractivity contribution in [3.05, 3.63) is 94.5 Å². The van der Waals surface area contributed by atoms with Gasteiger partial charge in [0.2, 0.25) is 0 Å². The Labute approximate surface area is 122 Å². The van der Waals surface area contributed by atoms with Gasteiger partial charge in [-0.05, 0) is 34.9 Å². The summed E-state index contributed by atoms with van der Waals surface area (Å²) in [4.78, 5) is 6.81. The lowest BCUT2D eigenvalue weighted by Crippen LogP contribution is -2.35. The highest BCUT2D eigenvalue weighted by Gasteiger charge is 2.32. The van der Waals surface area contributed by atoms with E-state index in [2.05, 4.69) is 64.6 Å². The number of nitrogens with one attached hydrogen (secondary N) is 2. The molecule has 5 rings (SSSR count). The molecule has 0 fully saturated rings. The Morgan fingerprint density at radius 3 is 2.76 bits per heavy atom. The highest BCUT2D eigenvalue weighted by atomic mass is 14.7. The summed E-state index contributed by atoms with van der Waals surface area (Å²) < 4.78 is 0. The lowest BCUT2D eigenvalue weighted by Gasteiger charge is -2.23. The second kappa shape index (κ2) is 3.89. The lowest BCUT2D eigenvalue weighted by molar-refractivity contribution is 0.984. The molecule has 1 atom stereocenters. The summed E-state index contributed by atoms with van der Waals surface area (Å²) in [5.74, 6) is 0.363. The predicted molar refractivity (Wildman–Crippen MR) is 84.7 cm³/mol. The molecule has 2 N–H and O–H groups in total. The van der Waals surface area contributed by atoms with Crippen LogP contribution in [0.4, 0.5) is 0 Å². The third kappa shape index (κ3) is 1.37. The summed E-state index contributed by atoms with van der Waals surface area (Å²) in [5.41, 5.74) is 6.61. The number of allylic oxidation sites excluding steroid dienone is 8. The van der Waals surface area contributed by atoms with E-state index in [-0.39, 0.29) is 0 Å². The molecule has 2 nitrogen and oxygen atoms in total. The van der Waals surface area contributed by atoms with Gasteiger partial charge >= 0.3 is 0 Å². The second-order valence-electron chi connectivity index (χ2n) is 5.62. The lowest BCUT2D eigenvalue weighted by atomic mass is 9.80. The smallest absolute Gasteiger partial charge is 0.0554 e. The SMILES string of the molecule is C1=CC=C2C(c3ccc[nH]3)=c3[nH]ccc3=C3C=CC(=C1)C23. The van der Waals surface area contributed by atoms with Gasteiger partial charge in [0.05, 0.1) is 5.35 Å². The summed E-state index contributed by atoms with van der Waals surface area (Å²) in [5, 5.41) is 2.54. The van der Waals surface area contributed by atoms with Gasteiger partial charge in [-0.1, -0.05) is 36.5 Å². The maximum atomic E-state index is 3.44. The Morgan fingerprint density at radius 2 is 1.86 bits per heavy atom. The summed E-state index contributed by atoms with van der Waals surface area (Å²) in [6.45, 7) is 0. The van der Waals surface area contributed by atoms with Crippen molar-refractivity contribution in [1.29, 1.82) is 0 Å². The molecule has 0 saturated heterocycles. The van der Waals surface area contributed by atoms with Crippen molar-refractivity contribution in [2.24, 2.45) is 5.92 Å². The zero-order valence-electron chi connectivity index (χ0n) is 11.4. The van der Waals surface area contributed by atoms with Crippen molar-refractivity contribution in [2.45, 2.75) is 0 Å². The molecule has 2 heterocycles. The molecule has 0 aliphatic heterocycles. The number of fused-ring (bicyclic) bond motifs is 1. The first-order valence-electron chi connectivity index (χ1n) is 7.26. The quantitative estimate of drug-likeness (QED) is 0.797. The average Bonchev–Trinajstić information content (AvgIpc) is 3.20. The molecule has 0 bridgehead atoms.